The van der Waals surface area contributed by atoms with Gasteiger partial charge in [0.2, 0.25) is 0 Å². The van der Waals surface area contributed by atoms with E-state index in [4.69, 9.17) is 5.73 Å². The summed E-state index contributed by atoms with van der Waals surface area (Å²) in [6.07, 6.45) is 28.1. The average molecular weight is 324 g/mol. The van der Waals surface area contributed by atoms with Crippen LogP contribution < -0.4 is 5.73 Å². The summed E-state index contributed by atoms with van der Waals surface area (Å²) in [5.41, 5.74) is 8.71. The molecule has 0 saturated heterocycles. The third kappa shape index (κ3) is 22.0. The van der Waals surface area contributed by atoms with Crippen molar-refractivity contribution in [3.05, 3.63) is 0 Å². The summed E-state index contributed by atoms with van der Waals surface area (Å²) >= 11 is 0. The van der Waals surface area contributed by atoms with Crippen LogP contribution in [0.25, 0.3) is 0 Å². The third-order valence-corrected chi connectivity index (χ3v) is 5.01. The van der Waals surface area contributed by atoms with E-state index in [1.165, 1.54) is 122 Å². The Balaban J connectivity index is 2.92. The Morgan fingerprint density at radius 3 is 0.783 bits per heavy atom. The first-order valence-corrected chi connectivity index (χ1v) is 11.0. The van der Waals surface area contributed by atoms with Crippen LogP contribution in [-0.2, 0) is 0 Å². The van der Waals surface area contributed by atoms with E-state index in [2.05, 4.69) is 6.92 Å². The second-order valence-corrected chi connectivity index (χ2v) is 7.44. The SMILES string of the molecule is CCCCCCCCCCCCCCCCCCCCCC[N]. The zero-order valence-electron chi connectivity index (χ0n) is 16.3. The molecule has 0 heterocycles. The van der Waals surface area contributed by atoms with Crippen molar-refractivity contribution in [2.75, 3.05) is 6.54 Å². The first-order chi connectivity index (χ1) is 11.4. The van der Waals surface area contributed by atoms with Gasteiger partial charge in [-0.1, -0.05) is 129 Å². The molecule has 0 N–H and O–H groups in total. The fraction of sp³-hybridized carbons (Fsp3) is 1.00. The van der Waals surface area contributed by atoms with Crippen molar-refractivity contribution in [3.8, 4) is 0 Å². The van der Waals surface area contributed by atoms with Crippen LogP contribution in [0.3, 0.4) is 0 Å². The van der Waals surface area contributed by atoms with Gasteiger partial charge < -0.3 is 0 Å². The van der Waals surface area contributed by atoms with Crippen molar-refractivity contribution in [2.45, 2.75) is 135 Å². The van der Waals surface area contributed by atoms with Crippen LogP contribution in [0.2, 0.25) is 0 Å². The molecule has 138 valence electrons. The van der Waals surface area contributed by atoms with Gasteiger partial charge in [-0.2, -0.15) is 0 Å². The topological polar surface area (TPSA) is 22.3 Å². The second-order valence-electron chi connectivity index (χ2n) is 7.44. The van der Waals surface area contributed by atoms with E-state index < -0.39 is 0 Å². The third-order valence-electron chi connectivity index (χ3n) is 5.01. The molecule has 0 aromatic heterocycles. The number of hydrogen-bond acceptors (Lipinski definition) is 0. The van der Waals surface area contributed by atoms with Crippen molar-refractivity contribution >= 4 is 0 Å². The van der Waals surface area contributed by atoms with Gasteiger partial charge in [-0.25, -0.2) is 0 Å². The van der Waals surface area contributed by atoms with E-state index in [1.807, 2.05) is 0 Å². The second kappa shape index (κ2) is 22.0. The lowest BCUT2D eigenvalue weighted by Gasteiger charge is -2.03. The van der Waals surface area contributed by atoms with E-state index in [0.29, 0.717) is 6.54 Å². The molecule has 0 aromatic rings. The fourth-order valence-corrected chi connectivity index (χ4v) is 3.37. The Morgan fingerprint density at radius 1 is 0.348 bits per heavy atom. The molecule has 0 atom stereocenters. The predicted octanol–water partition coefficient (Wildman–Crippen LogP) is 7.88. The molecular formula is C22H45N. The molecule has 0 spiro atoms. The molecule has 0 aliphatic heterocycles. The van der Waals surface area contributed by atoms with E-state index >= 15 is 0 Å². The van der Waals surface area contributed by atoms with E-state index in [-0.39, 0.29) is 0 Å². The van der Waals surface area contributed by atoms with E-state index in [1.54, 1.807) is 0 Å². The van der Waals surface area contributed by atoms with Gasteiger partial charge in [0.1, 0.15) is 0 Å². The summed E-state index contributed by atoms with van der Waals surface area (Å²) in [6, 6.07) is 0. The lowest BCUT2D eigenvalue weighted by molar-refractivity contribution is 0.522. The molecule has 23 heavy (non-hydrogen) atoms. The van der Waals surface area contributed by atoms with Gasteiger partial charge in [-0.3, -0.25) is 0 Å². The minimum atomic E-state index is 0.374. The van der Waals surface area contributed by atoms with Gasteiger partial charge in [0.25, 0.3) is 0 Å². The zero-order valence-corrected chi connectivity index (χ0v) is 16.3. The minimum Gasteiger partial charge on any atom is -0.145 e. The standard InChI is InChI=1S/C22H45N/c1-2-3-4-5-6-7-8-9-10-11-12-13-14-15-16-17-18-19-20-21-22-23/h2-22H2,1H3. The molecule has 0 aromatic carbocycles. The first kappa shape index (κ1) is 23.0. The largest absolute Gasteiger partial charge is 0.145 e. The number of unbranched alkanes of at least 4 members (excludes halogenated alkanes) is 19. The van der Waals surface area contributed by atoms with Crippen molar-refractivity contribution in [1.29, 1.82) is 0 Å². The lowest BCUT2D eigenvalue weighted by atomic mass is 10.0. The lowest BCUT2D eigenvalue weighted by Crippen LogP contribution is -1.86. The van der Waals surface area contributed by atoms with Gasteiger partial charge in [-0.15, -0.1) is 5.73 Å². The molecule has 0 unspecified atom stereocenters. The van der Waals surface area contributed by atoms with Crippen LogP contribution in [0.15, 0.2) is 0 Å². The summed E-state index contributed by atoms with van der Waals surface area (Å²) in [6.45, 7) is 2.67. The maximum Gasteiger partial charge on any atom is 0.0321 e. The highest BCUT2D eigenvalue weighted by molar-refractivity contribution is 4.50. The molecule has 0 amide bonds. The fourth-order valence-electron chi connectivity index (χ4n) is 3.37. The van der Waals surface area contributed by atoms with Gasteiger partial charge in [0.15, 0.2) is 0 Å². The van der Waals surface area contributed by atoms with E-state index in [9.17, 15) is 0 Å². The molecule has 2 radical (unpaired) electrons. The Morgan fingerprint density at radius 2 is 0.565 bits per heavy atom. The van der Waals surface area contributed by atoms with Crippen molar-refractivity contribution in [3.63, 3.8) is 0 Å². The van der Waals surface area contributed by atoms with Crippen LogP contribution in [0, 0.1) is 0 Å². The Kier molecular flexibility index (Phi) is 21.9. The Hall–Kier alpha value is -0.0400. The van der Waals surface area contributed by atoms with E-state index in [0.717, 1.165) is 6.42 Å². The molecule has 0 aliphatic rings. The van der Waals surface area contributed by atoms with Gasteiger partial charge in [0.05, 0.1) is 0 Å². The summed E-state index contributed by atoms with van der Waals surface area (Å²) in [7, 11) is 0. The molecule has 0 aliphatic carbocycles. The Bertz CT molecular complexity index is 170. The van der Waals surface area contributed by atoms with Gasteiger partial charge in [0, 0.05) is 6.54 Å². The summed E-state index contributed by atoms with van der Waals surface area (Å²) in [5.74, 6) is 0. The quantitative estimate of drug-likeness (QED) is 0.203. The van der Waals surface area contributed by atoms with Crippen LogP contribution in [0.5, 0.6) is 0 Å². The Labute approximate surface area is 148 Å². The normalized spacial score (nSPS) is 11.2. The zero-order chi connectivity index (χ0) is 16.8. The van der Waals surface area contributed by atoms with Gasteiger partial charge in [-0.05, 0) is 6.42 Å². The maximum absolute atomic E-state index is 8.71. The first-order valence-electron chi connectivity index (χ1n) is 11.0. The van der Waals surface area contributed by atoms with Crippen LogP contribution >= 0.6 is 0 Å². The predicted molar refractivity (Wildman–Crippen MR) is 105 cm³/mol. The van der Waals surface area contributed by atoms with Gasteiger partial charge >= 0.3 is 0 Å². The van der Waals surface area contributed by atoms with Crippen molar-refractivity contribution < 1.29 is 0 Å². The molecule has 1 heteroatoms. The average Bonchev–Trinajstić information content (AvgIpc) is 2.57. The summed E-state index contributed by atoms with van der Waals surface area (Å²) in [4.78, 5) is 0. The highest BCUT2D eigenvalue weighted by Crippen LogP contribution is 2.14. The molecule has 1 nitrogen and oxygen atoms in total. The minimum absolute atomic E-state index is 0.374. The number of nitrogens with zero attached hydrogens (tertiary/aromatic N) is 1. The van der Waals surface area contributed by atoms with Crippen LogP contribution in [0.1, 0.15) is 135 Å². The summed E-state index contributed by atoms with van der Waals surface area (Å²) in [5, 5.41) is 0. The highest BCUT2D eigenvalue weighted by atomic mass is 14.5. The van der Waals surface area contributed by atoms with Crippen molar-refractivity contribution in [1.82, 2.24) is 5.73 Å². The molecule has 0 bridgehead atoms. The number of rotatable bonds is 20. The monoisotopic (exact) mass is 323 g/mol. The maximum atomic E-state index is 8.71. The molecule has 0 saturated carbocycles. The molecule has 0 rings (SSSR count). The molecular weight excluding hydrogens is 278 g/mol. The summed E-state index contributed by atoms with van der Waals surface area (Å²) < 4.78 is 0. The van der Waals surface area contributed by atoms with Crippen LogP contribution in [0.4, 0.5) is 0 Å². The molecule has 0 fully saturated rings. The van der Waals surface area contributed by atoms with Crippen molar-refractivity contribution in [2.24, 2.45) is 0 Å². The smallest absolute Gasteiger partial charge is 0.0321 e. The number of hydrogen-bond donors (Lipinski definition) is 0. The highest BCUT2D eigenvalue weighted by Gasteiger charge is 1.95. The van der Waals surface area contributed by atoms with Crippen LogP contribution in [-0.4, -0.2) is 6.54 Å².